The van der Waals surface area contributed by atoms with E-state index in [4.69, 9.17) is 9.47 Å². The highest BCUT2D eigenvalue weighted by Gasteiger charge is 2.12. The first-order chi connectivity index (χ1) is 6.95. The first kappa shape index (κ1) is 9.49. The number of rotatable bonds is 3. The molecular formula is C11H15NO2. The minimum Gasteiger partial charge on any atom is -0.492 e. The van der Waals surface area contributed by atoms with Crippen LogP contribution >= 0.6 is 0 Å². The van der Waals surface area contributed by atoms with Crippen LogP contribution in [0, 0.1) is 0 Å². The van der Waals surface area contributed by atoms with E-state index in [1.807, 2.05) is 30.3 Å². The predicted octanol–water partition coefficient (Wildman–Crippen LogP) is 1.05. The maximum Gasteiger partial charge on any atom is 0.119 e. The molecule has 0 amide bonds. The van der Waals surface area contributed by atoms with Crippen LogP contribution in [0.3, 0.4) is 0 Å². The SMILES string of the molecule is c1ccc(OC[C@@H]2COCCN2)cc1. The molecule has 76 valence electrons. The highest BCUT2D eigenvalue weighted by molar-refractivity contribution is 5.20. The van der Waals surface area contributed by atoms with Crippen molar-refractivity contribution in [3.8, 4) is 5.75 Å². The molecule has 0 aromatic heterocycles. The molecular weight excluding hydrogens is 178 g/mol. The monoisotopic (exact) mass is 193 g/mol. The molecule has 1 aromatic carbocycles. The Labute approximate surface area is 84.0 Å². The molecule has 0 unspecified atom stereocenters. The van der Waals surface area contributed by atoms with Crippen molar-refractivity contribution in [3.63, 3.8) is 0 Å². The molecule has 0 saturated carbocycles. The van der Waals surface area contributed by atoms with E-state index in [0.29, 0.717) is 12.6 Å². The van der Waals surface area contributed by atoms with Gasteiger partial charge in [-0.15, -0.1) is 0 Å². The van der Waals surface area contributed by atoms with Crippen molar-refractivity contribution >= 4 is 0 Å². The molecule has 1 atom stereocenters. The fourth-order valence-electron chi connectivity index (χ4n) is 1.44. The van der Waals surface area contributed by atoms with E-state index in [1.54, 1.807) is 0 Å². The molecule has 0 aliphatic carbocycles. The van der Waals surface area contributed by atoms with Gasteiger partial charge in [-0.25, -0.2) is 0 Å². The summed E-state index contributed by atoms with van der Waals surface area (Å²) in [6.45, 7) is 3.14. The Bertz CT molecular complexity index is 257. The molecule has 1 N–H and O–H groups in total. The Hall–Kier alpha value is -1.06. The summed E-state index contributed by atoms with van der Waals surface area (Å²) in [7, 11) is 0. The lowest BCUT2D eigenvalue weighted by molar-refractivity contribution is 0.0592. The predicted molar refractivity (Wildman–Crippen MR) is 54.5 cm³/mol. The third kappa shape index (κ3) is 2.72. The zero-order valence-electron chi connectivity index (χ0n) is 8.11. The van der Waals surface area contributed by atoms with Crippen LogP contribution in [0.25, 0.3) is 0 Å². The summed E-state index contributed by atoms with van der Waals surface area (Å²) in [6, 6.07) is 10.2. The van der Waals surface area contributed by atoms with Gasteiger partial charge in [0.1, 0.15) is 12.4 Å². The fourth-order valence-corrected chi connectivity index (χ4v) is 1.44. The first-order valence-corrected chi connectivity index (χ1v) is 4.94. The number of para-hydroxylation sites is 1. The molecule has 0 radical (unpaired) electrons. The lowest BCUT2D eigenvalue weighted by atomic mass is 10.3. The van der Waals surface area contributed by atoms with Crippen molar-refractivity contribution in [2.45, 2.75) is 6.04 Å². The average molecular weight is 193 g/mol. The van der Waals surface area contributed by atoms with Crippen LogP contribution in [-0.4, -0.2) is 32.4 Å². The van der Waals surface area contributed by atoms with Crippen molar-refractivity contribution in [2.75, 3.05) is 26.4 Å². The van der Waals surface area contributed by atoms with E-state index in [2.05, 4.69) is 5.32 Å². The average Bonchev–Trinajstić information content (AvgIpc) is 2.29. The smallest absolute Gasteiger partial charge is 0.119 e. The van der Waals surface area contributed by atoms with E-state index in [1.165, 1.54) is 0 Å². The van der Waals surface area contributed by atoms with Crippen molar-refractivity contribution in [3.05, 3.63) is 30.3 Å². The lowest BCUT2D eigenvalue weighted by Crippen LogP contribution is -2.44. The molecule has 1 aromatic rings. The second kappa shape index (κ2) is 4.98. The number of hydrogen-bond acceptors (Lipinski definition) is 3. The zero-order chi connectivity index (χ0) is 9.64. The molecule has 3 heteroatoms. The Balaban J connectivity index is 1.76. The molecule has 0 bridgehead atoms. The zero-order valence-corrected chi connectivity index (χ0v) is 8.11. The van der Waals surface area contributed by atoms with Crippen molar-refractivity contribution in [2.24, 2.45) is 0 Å². The van der Waals surface area contributed by atoms with Gasteiger partial charge in [0.05, 0.1) is 19.3 Å². The standard InChI is InChI=1S/C11H15NO2/c1-2-4-11(5-3-1)14-9-10-8-13-7-6-12-10/h1-5,10,12H,6-9H2/t10-/m0/s1. The Morgan fingerprint density at radius 2 is 2.21 bits per heavy atom. The van der Waals surface area contributed by atoms with Crippen LogP contribution in [0.15, 0.2) is 30.3 Å². The van der Waals surface area contributed by atoms with E-state index in [-0.39, 0.29) is 0 Å². The highest BCUT2D eigenvalue weighted by atomic mass is 16.5. The fraction of sp³-hybridized carbons (Fsp3) is 0.455. The largest absolute Gasteiger partial charge is 0.492 e. The number of hydrogen-bond donors (Lipinski definition) is 1. The van der Waals surface area contributed by atoms with Crippen LogP contribution in [0.2, 0.25) is 0 Å². The van der Waals surface area contributed by atoms with Gasteiger partial charge in [0.25, 0.3) is 0 Å². The molecule has 2 rings (SSSR count). The summed E-state index contributed by atoms with van der Waals surface area (Å²) >= 11 is 0. The number of benzene rings is 1. The third-order valence-electron chi connectivity index (χ3n) is 2.19. The Kier molecular flexibility index (Phi) is 3.38. The van der Waals surface area contributed by atoms with Crippen molar-refractivity contribution in [1.82, 2.24) is 5.32 Å². The van der Waals surface area contributed by atoms with Crippen molar-refractivity contribution in [1.29, 1.82) is 0 Å². The topological polar surface area (TPSA) is 30.5 Å². The Morgan fingerprint density at radius 1 is 1.36 bits per heavy atom. The van der Waals surface area contributed by atoms with Crippen LogP contribution in [0.1, 0.15) is 0 Å². The highest BCUT2D eigenvalue weighted by Crippen LogP contribution is 2.08. The maximum atomic E-state index is 5.60. The molecule has 1 fully saturated rings. The summed E-state index contributed by atoms with van der Waals surface area (Å²) in [4.78, 5) is 0. The molecule has 1 aliphatic heterocycles. The summed E-state index contributed by atoms with van der Waals surface area (Å²) < 4.78 is 10.9. The normalized spacial score (nSPS) is 21.9. The molecule has 3 nitrogen and oxygen atoms in total. The van der Waals surface area contributed by atoms with Gasteiger partial charge in [-0.2, -0.15) is 0 Å². The van der Waals surface area contributed by atoms with E-state index in [0.717, 1.165) is 25.5 Å². The number of ether oxygens (including phenoxy) is 2. The second-order valence-corrected chi connectivity index (χ2v) is 3.35. The maximum absolute atomic E-state index is 5.60. The van der Waals surface area contributed by atoms with Crippen LogP contribution < -0.4 is 10.1 Å². The van der Waals surface area contributed by atoms with Crippen LogP contribution in [0.5, 0.6) is 5.75 Å². The third-order valence-corrected chi connectivity index (χ3v) is 2.19. The van der Waals surface area contributed by atoms with E-state index < -0.39 is 0 Å². The second-order valence-electron chi connectivity index (χ2n) is 3.35. The van der Waals surface area contributed by atoms with Crippen molar-refractivity contribution < 1.29 is 9.47 Å². The van der Waals surface area contributed by atoms with E-state index in [9.17, 15) is 0 Å². The molecule has 1 heterocycles. The summed E-state index contributed by atoms with van der Waals surface area (Å²) in [5.74, 6) is 0.917. The van der Waals surface area contributed by atoms with Gasteiger partial charge in [0.2, 0.25) is 0 Å². The van der Waals surface area contributed by atoms with Gasteiger partial charge in [-0.1, -0.05) is 18.2 Å². The minimum absolute atomic E-state index is 0.323. The van der Waals surface area contributed by atoms with Gasteiger partial charge >= 0.3 is 0 Å². The summed E-state index contributed by atoms with van der Waals surface area (Å²) in [5, 5.41) is 3.34. The first-order valence-electron chi connectivity index (χ1n) is 4.94. The molecule has 1 saturated heterocycles. The molecule has 0 spiro atoms. The van der Waals surface area contributed by atoms with Gasteiger partial charge in [-0.05, 0) is 12.1 Å². The molecule has 1 aliphatic rings. The quantitative estimate of drug-likeness (QED) is 0.778. The number of morpholine rings is 1. The van der Waals surface area contributed by atoms with Gasteiger partial charge in [-0.3, -0.25) is 0 Å². The van der Waals surface area contributed by atoms with Gasteiger partial charge in [0, 0.05) is 6.54 Å². The van der Waals surface area contributed by atoms with E-state index >= 15 is 0 Å². The van der Waals surface area contributed by atoms with Crippen LogP contribution in [-0.2, 0) is 4.74 Å². The molecule has 14 heavy (non-hydrogen) atoms. The lowest BCUT2D eigenvalue weighted by Gasteiger charge is -2.23. The minimum atomic E-state index is 0.323. The van der Waals surface area contributed by atoms with Gasteiger partial charge in [0.15, 0.2) is 0 Å². The van der Waals surface area contributed by atoms with Crippen LogP contribution in [0.4, 0.5) is 0 Å². The summed E-state index contributed by atoms with van der Waals surface area (Å²) in [6.07, 6.45) is 0. The summed E-state index contributed by atoms with van der Waals surface area (Å²) in [5.41, 5.74) is 0. The number of nitrogens with one attached hydrogen (secondary N) is 1. The van der Waals surface area contributed by atoms with Gasteiger partial charge < -0.3 is 14.8 Å². The Morgan fingerprint density at radius 3 is 2.93 bits per heavy atom.